The first-order valence-electron chi connectivity index (χ1n) is 10.6. The molecule has 1 aliphatic heterocycles. The fourth-order valence-electron chi connectivity index (χ4n) is 3.73. The molecular weight excluding hydrogens is 531 g/mol. The van der Waals surface area contributed by atoms with Gasteiger partial charge in [0.05, 0.1) is 12.1 Å². The standard InChI is InChI=1S/C26H23IN2O4/c1-18-7-9-19(10-8-18)16-28(25(31)17-33-22-5-3-2-4-6-22)23-15-24(30)29(26(23)32)21-13-11-20(27)12-14-21/h2-14,23H,15-17H2,1H3. The summed E-state index contributed by atoms with van der Waals surface area (Å²) in [6.07, 6.45) is -0.0617. The van der Waals surface area contributed by atoms with Crippen molar-refractivity contribution in [1.82, 2.24) is 4.90 Å². The van der Waals surface area contributed by atoms with Crippen LogP contribution < -0.4 is 9.64 Å². The van der Waals surface area contributed by atoms with Crippen molar-refractivity contribution in [3.63, 3.8) is 0 Å². The maximum atomic E-state index is 13.3. The Morgan fingerprint density at radius 3 is 2.33 bits per heavy atom. The lowest BCUT2D eigenvalue weighted by molar-refractivity contribution is -0.140. The van der Waals surface area contributed by atoms with Crippen molar-refractivity contribution in [3.05, 3.63) is 93.6 Å². The van der Waals surface area contributed by atoms with Crippen LogP contribution in [-0.2, 0) is 20.9 Å². The summed E-state index contributed by atoms with van der Waals surface area (Å²) < 4.78 is 6.65. The van der Waals surface area contributed by atoms with Gasteiger partial charge in [-0.25, -0.2) is 4.90 Å². The Morgan fingerprint density at radius 1 is 1.00 bits per heavy atom. The Hall–Kier alpha value is -3.20. The zero-order chi connectivity index (χ0) is 23.4. The number of imide groups is 1. The second-order valence-electron chi connectivity index (χ2n) is 7.87. The van der Waals surface area contributed by atoms with E-state index < -0.39 is 11.9 Å². The van der Waals surface area contributed by atoms with Crippen LogP contribution in [0.25, 0.3) is 0 Å². The molecule has 3 aromatic rings. The molecule has 1 saturated heterocycles. The Bertz CT molecular complexity index is 1150. The third-order valence-electron chi connectivity index (χ3n) is 5.48. The van der Waals surface area contributed by atoms with Crippen LogP contribution in [0.1, 0.15) is 17.5 Å². The summed E-state index contributed by atoms with van der Waals surface area (Å²) >= 11 is 2.17. The van der Waals surface area contributed by atoms with Gasteiger partial charge in [0.1, 0.15) is 11.8 Å². The zero-order valence-electron chi connectivity index (χ0n) is 18.1. The maximum Gasteiger partial charge on any atom is 0.261 e. The first kappa shape index (κ1) is 23.0. The Balaban J connectivity index is 1.58. The first-order valence-corrected chi connectivity index (χ1v) is 11.7. The van der Waals surface area contributed by atoms with E-state index in [0.717, 1.165) is 14.7 Å². The van der Waals surface area contributed by atoms with E-state index >= 15 is 0 Å². The number of carbonyl (C=O) groups is 3. The van der Waals surface area contributed by atoms with Gasteiger partial charge in [0.15, 0.2) is 6.61 Å². The van der Waals surface area contributed by atoms with Crippen molar-refractivity contribution >= 4 is 46.0 Å². The minimum Gasteiger partial charge on any atom is -0.484 e. The summed E-state index contributed by atoms with van der Waals surface area (Å²) in [5, 5.41) is 0. The average Bonchev–Trinajstić information content (AvgIpc) is 3.12. The molecule has 33 heavy (non-hydrogen) atoms. The van der Waals surface area contributed by atoms with Crippen molar-refractivity contribution in [2.24, 2.45) is 0 Å². The third-order valence-corrected chi connectivity index (χ3v) is 6.20. The summed E-state index contributed by atoms with van der Waals surface area (Å²) in [6.45, 7) is 1.97. The molecule has 0 spiro atoms. The number of hydrogen-bond donors (Lipinski definition) is 0. The highest BCUT2D eigenvalue weighted by atomic mass is 127. The van der Waals surface area contributed by atoms with E-state index in [2.05, 4.69) is 22.6 Å². The highest BCUT2D eigenvalue weighted by Gasteiger charge is 2.44. The molecule has 168 valence electrons. The van der Waals surface area contributed by atoms with Crippen LogP contribution in [0.3, 0.4) is 0 Å². The summed E-state index contributed by atoms with van der Waals surface area (Å²) in [7, 11) is 0. The van der Waals surface area contributed by atoms with Gasteiger partial charge >= 0.3 is 0 Å². The number of halogens is 1. The topological polar surface area (TPSA) is 66.9 Å². The number of aryl methyl sites for hydroxylation is 1. The number of hydrogen-bond acceptors (Lipinski definition) is 4. The molecule has 0 N–H and O–H groups in total. The van der Waals surface area contributed by atoms with E-state index in [1.807, 2.05) is 61.5 Å². The van der Waals surface area contributed by atoms with Crippen LogP contribution in [0.15, 0.2) is 78.9 Å². The minimum atomic E-state index is -0.884. The summed E-state index contributed by atoms with van der Waals surface area (Å²) in [6, 6.07) is 23.1. The highest BCUT2D eigenvalue weighted by molar-refractivity contribution is 14.1. The summed E-state index contributed by atoms with van der Waals surface area (Å²) in [5.41, 5.74) is 2.49. The molecule has 0 aromatic heterocycles. The molecule has 3 amide bonds. The molecule has 0 radical (unpaired) electrons. The number of para-hydroxylation sites is 1. The largest absolute Gasteiger partial charge is 0.484 e. The molecule has 1 aliphatic rings. The number of anilines is 1. The molecule has 6 nitrogen and oxygen atoms in total. The van der Waals surface area contributed by atoms with Gasteiger partial charge < -0.3 is 9.64 Å². The van der Waals surface area contributed by atoms with Crippen molar-refractivity contribution in [2.45, 2.75) is 25.9 Å². The fourth-order valence-corrected chi connectivity index (χ4v) is 4.09. The van der Waals surface area contributed by atoms with Crippen LogP contribution in [0.2, 0.25) is 0 Å². The molecule has 7 heteroatoms. The summed E-state index contributed by atoms with van der Waals surface area (Å²) in [4.78, 5) is 42.0. The SMILES string of the molecule is Cc1ccc(CN(C(=O)COc2ccccc2)C2CC(=O)N(c3ccc(I)cc3)C2=O)cc1. The van der Waals surface area contributed by atoms with Gasteiger partial charge in [-0.05, 0) is 71.5 Å². The van der Waals surface area contributed by atoms with Gasteiger partial charge in [-0.3, -0.25) is 14.4 Å². The predicted octanol–water partition coefficient (Wildman–Crippen LogP) is 4.34. The molecule has 0 aliphatic carbocycles. The van der Waals surface area contributed by atoms with Crippen LogP contribution in [0.4, 0.5) is 5.69 Å². The molecule has 1 fully saturated rings. The van der Waals surface area contributed by atoms with E-state index in [1.54, 1.807) is 24.3 Å². The smallest absolute Gasteiger partial charge is 0.261 e. The molecule has 4 rings (SSSR count). The molecular formula is C26H23IN2O4. The summed E-state index contributed by atoms with van der Waals surface area (Å²) in [5.74, 6) is -0.510. The number of amides is 3. The molecule has 0 saturated carbocycles. The quantitative estimate of drug-likeness (QED) is 0.322. The Labute approximate surface area is 206 Å². The molecule has 3 aromatic carbocycles. The van der Waals surface area contributed by atoms with Crippen molar-refractivity contribution in [3.8, 4) is 5.75 Å². The molecule has 1 atom stereocenters. The van der Waals surface area contributed by atoms with Gasteiger partial charge in [-0.15, -0.1) is 0 Å². The Kier molecular flexibility index (Phi) is 7.08. The van der Waals surface area contributed by atoms with Crippen molar-refractivity contribution in [1.29, 1.82) is 0 Å². The minimum absolute atomic E-state index is 0.0617. The van der Waals surface area contributed by atoms with Crippen LogP contribution in [-0.4, -0.2) is 35.3 Å². The van der Waals surface area contributed by atoms with Crippen LogP contribution >= 0.6 is 22.6 Å². The highest BCUT2D eigenvalue weighted by Crippen LogP contribution is 2.27. The van der Waals surface area contributed by atoms with Crippen LogP contribution in [0, 0.1) is 10.5 Å². The second kappa shape index (κ2) is 10.2. The number of ether oxygens (including phenoxy) is 1. The number of rotatable bonds is 7. The lowest BCUT2D eigenvalue weighted by Gasteiger charge is -2.28. The van der Waals surface area contributed by atoms with E-state index in [4.69, 9.17) is 4.74 Å². The molecule has 0 bridgehead atoms. The van der Waals surface area contributed by atoms with E-state index in [0.29, 0.717) is 11.4 Å². The lowest BCUT2D eigenvalue weighted by Crippen LogP contribution is -2.46. The third kappa shape index (κ3) is 5.42. The monoisotopic (exact) mass is 554 g/mol. The van der Waals surface area contributed by atoms with Crippen molar-refractivity contribution < 1.29 is 19.1 Å². The molecule has 1 unspecified atom stereocenters. The van der Waals surface area contributed by atoms with Gasteiger partial charge in [0, 0.05) is 10.1 Å². The van der Waals surface area contributed by atoms with E-state index in [9.17, 15) is 14.4 Å². The van der Waals surface area contributed by atoms with Gasteiger partial charge in [-0.1, -0.05) is 48.0 Å². The molecule has 1 heterocycles. The normalized spacial score (nSPS) is 15.6. The number of benzene rings is 3. The van der Waals surface area contributed by atoms with Crippen LogP contribution in [0.5, 0.6) is 5.75 Å². The Morgan fingerprint density at radius 2 is 1.67 bits per heavy atom. The number of nitrogens with zero attached hydrogens (tertiary/aromatic N) is 2. The fraction of sp³-hybridized carbons (Fsp3) is 0.192. The van der Waals surface area contributed by atoms with Gasteiger partial charge in [0.25, 0.3) is 11.8 Å². The zero-order valence-corrected chi connectivity index (χ0v) is 20.3. The van der Waals surface area contributed by atoms with E-state index in [1.165, 1.54) is 9.80 Å². The first-order chi connectivity index (χ1) is 15.9. The van der Waals surface area contributed by atoms with Crippen molar-refractivity contribution in [2.75, 3.05) is 11.5 Å². The van der Waals surface area contributed by atoms with Gasteiger partial charge in [-0.2, -0.15) is 0 Å². The predicted molar refractivity (Wildman–Crippen MR) is 134 cm³/mol. The van der Waals surface area contributed by atoms with E-state index in [-0.39, 0.29) is 31.4 Å². The lowest BCUT2D eigenvalue weighted by atomic mass is 10.1. The maximum absolute atomic E-state index is 13.3. The second-order valence-corrected chi connectivity index (χ2v) is 9.12. The average molecular weight is 554 g/mol. The van der Waals surface area contributed by atoms with Gasteiger partial charge in [0.2, 0.25) is 5.91 Å². The number of carbonyl (C=O) groups excluding carboxylic acids is 3.